The summed E-state index contributed by atoms with van der Waals surface area (Å²) in [5, 5.41) is 8.75. The van der Waals surface area contributed by atoms with E-state index in [0.29, 0.717) is 11.3 Å². The van der Waals surface area contributed by atoms with Crippen LogP contribution in [0.5, 0.6) is 0 Å². The molecular weight excluding hydrogens is 186 g/mol. The number of anilines is 1. The third kappa shape index (κ3) is 1.10. The number of hydrogen-bond acceptors (Lipinski definition) is 4. The lowest BCUT2D eigenvalue weighted by Gasteiger charge is -2.03. The summed E-state index contributed by atoms with van der Waals surface area (Å²) in [6.45, 7) is 0. The molecule has 0 fully saturated rings. The molecule has 0 aliphatic carbocycles. The molecule has 5 heteroatoms. The van der Waals surface area contributed by atoms with Crippen LogP contribution < -0.4 is 5.73 Å². The second kappa shape index (κ2) is 2.73. The summed E-state index contributed by atoms with van der Waals surface area (Å²) in [6.07, 6.45) is -1.22. The SMILES string of the molecule is Nc1ccc2c(c1)C(C(=O)O)OC2=O. The second-order valence-electron chi connectivity index (χ2n) is 2.97. The number of ether oxygens (including phenoxy) is 1. The van der Waals surface area contributed by atoms with Gasteiger partial charge in [-0.05, 0) is 18.2 Å². The van der Waals surface area contributed by atoms with Crippen molar-refractivity contribution in [3.8, 4) is 0 Å². The van der Waals surface area contributed by atoms with Gasteiger partial charge in [0.15, 0.2) is 0 Å². The molecule has 1 aromatic rings. The number of cyclic esters (lactones) is 1. The van der Waals surface area contributed by atoms with Crippen LogP contribution in [0.3, 0.4) is 0 Å². The smallest absolute Gasteiger partial charge is 0.349 e. The molecule has 0 spiro atoms. The predicted octanol–water partition coefficient (Wildman–Crippen LogP) is 0.565. The number of aliphatic carboxylic acids is 1. The minimum atomic E-state index is -1.22. The van der Waals surface area contributed by atoms with Crippen LogP contribution in [0.4, 0.5) is 5.69 Å². The Bertz CT molecular complexity index is 427. The van der Waals surface area contributed by atoms with Gasteiger partial charge < -0.3 is 15.6 Å². The molecule has 0 saturated carbocycles. The van der Waals surface area contributed by atoms with Crippen molar-refractivity contribution in [2.75, 3.05) is 5.73 Å². The molecule has 1 aromatic carbocycles. The summed E-state index contributed by atoms with van der Waals surface area (Å²) in [7, 11) is 0. The third-order valence-corrected chi connectivity index (χ3v) is 2.03. The molecule has 2 rings (SSSR count). The van der Waals surface area contributed by atoms with Gasteiger partial charge in [0.2, 0.25) is 6.10 Å². The van der Waals surface area contributed by atoms with Crippen LogP contribution in [-0.4, -0.2) is 17.0 Å². The van der Waals surface area contributed by atoms with Crippen molar-refractivity contribution in [2.24, 2.45) is 0 Å². The number of carbonyl (C=O) groups excluding carboxylic acids is 1. The van der Waals surface area contributed by atoms with Gasteiger partial charge in [0.25, 0.3) is 0 Å². The van der Waals surface area contributed by atoms with Crippen molar-refractivity contribution in [3.05, 3.63) is 29.3 Å². The van der Waals surface area contributed by atoms with Gasteiger partial charge in [-0.3, -0.25) is 0 Å². The maximum absolute atomic E-state index is 11.2. The number of fused-ring (bicyclic) bond motifs is 1. The van der Waals surface area contributed by atoms with Crippen LogP contribution in [0, 0.1) is 0 Å². The van der Waals surface area contributed by atoms with Crippen molar-refractivity contribution in [1.82, 2.24) is 0 Å². The molecule has 0 amide bonds. The summed E-state index contributed by atoms with van der Waals surface area (Å²) in [4.78, 5) is 21.9. The van der Waals surface area contributed by atoms with Crippen LogP contribution in [0.1, 0.15) is 22.0 Å². The van der Waals surface area contributed by atoms with Crippen molar-refractivity contribution in [2.45, 2.75) is 6.10 Å². The summed E-state index contributed by atoms with van der Waals surface area (Å²) in [5.41, 5.74) is 6.48. The highest BCUT2D eigenvalue weighted by Gasteiger charge is 2.35. The van der Waals surface area contributed by atoms with Crippen LogP contribution in [0.2, 0.25) is 0 Å². The zero-order valence-electron chi connectivity index (χ0n) is 7.06. The molecule has 0 saturated heterocycles. The Kier molecular flexibility index (Phi) is 1.67. The first-order valence-corrected chi connectivity index (χ1v) is 3.93. The molecule has 0 bridgehead atoms. The van der Waals surface area contributed by atoms with E-state index in [1.807, 2.05) is 0 Å². The van der Waals surface area contributed by atoms with E-state index in [1.165, 1.54) is 18.2 Å². The number of esters is 1. The highest BCUT2D eigenvalue weighted by atomic mass is 16.6. The van der Waals surface area contributed by atoms with Crippen LogP contribution in [0.25, 0.3) is 0 Å². The quantitative estimate of drug-likeness (QED) is 0.502. The average molecular weight is 193 g/mol. The molecule has 1 unspecified atom stereocenters. The van der Waals surface area contributed by atoms with Crippen molar-refractivity contribution >= 4 is 17.6 Å². The monoisotopic (exact) mass is 193 g/mol. The third-order valence-electron chi connectivity index (χ3n) is 2.03. The van der Waals surface area contributed by atoms with Crippen LogP contribution in [-0.2, 0) is 9.53 Å². The fourth-order valence-corrected chi connectivity index (χ4v) is 1.40. The summed E-state index contributed by atoms with van der Waals surface area (Å²) in [5.74, 6) is -1.81. The van der Waals surface area contributed by atoms with Gasteiger partial charge in [-0.1, -0.05) is 0 Å². The van der Waals surface area contributed by atoms with Crippen molar-refractivity contribution in [3.63, 3.8) is 0 Å². The lowest BCUT2D eigenvalue weighted by Crippen LogP contribution is -2.10. The van der Waals surface area contributed by atoms with Crippen molar-refractivity contribution < 1.29 is 19.4 Å². The highest BCUT2D eigenvalue weighted by Crippen LogP contribution is 2.31. The molecule has 1 atom stereocenters. The number of rotatable bonds is 1. The van der Waals surface area contributed by atoms with E-state index in [-0.39, 0.29) is 5.56 Å². The topological polar surface area (TPSA) is 89.6 Å². The largest absolute Gasteiger partial charge is 0.478 e. The Balaban J connectivity index is 2.56. The standard InChI is InChI=1S/C9H7NO4/c10-4-1-2-5-6(3-4)7(8(11)12)14-9(5)13/h1-3,7H,10H2,(H,11,12). The summed E-state index contributed by atoms with van der Waals surface area (Å²) < 4.78 is 4.65. The fraction of sp³-hybridized carbons (Fsp3) is 0.111. The normalized spacial score (nSPS) is 18.9. The molecule has 14 heavy (non-hydrogen) atoms. The molecule has 0 aromatic heterocycles. The van der Waals surface area contributed by atoms with E-state index >= 15 is 0 Å². The van der Waals surface area contributed by atoms with Gasteiger partial charge >= 0.3 is 11.9 Å². The summed E-state index contributed by atoms with van der Waals surface area (Å²) >= 11 is 0. The zero-order chi connectivity index (χ0) is 10.3. The van der Waals surface area contributed by atoms with Gasteiger partial charge in [-0.15, -0.1) is 0 Å². The molecule has 0 radical (unpaired) electrons. The van der Waals surface area contributed by atoms with E-state index in [1.54, 1.807) is 0 Å². The fourth-order valence-electron chi connectivity index (χ4n) is 1.40. The Morgan fingerprint density at radius 2 is 2.21 bits per heavy atom. The predicted molar refractivity (Wildman–Crippen MR) is 46.6 cm³/mol. The Labute approximate surface area is 79.1 Å². The second-order valence-corrected chi connectivity index (χ2v) is 2.97. The number of hydrogen-bond donors (Lipinski definition) is 2. The van der Waals surface area contributed by atoms with Gasteiger partial charge in [0.05, 0.1) is 5.56 Å². The Morgan fingerprint density at radius 1 is 1.50 bits per heavy atom. The van der Waals surface area contributed by atoms with Crippen LogP contribution in [0.15, 0.2) is 18.2 Å². The number of benzene rings is 1. The van der Waals surface area contributed by atoms with Gasteiger partial charge in [-0.25, -0.2) is 9.59 Å². The number of carboxylic acid groups (broad SMARTS) is 1. The number of carboxylic acids is 1. The molecule has 3 N–H and O–H groups in total. The maximum Gasteiger partial charge on any atom is 0.349 e. The molecular formula is C9H7NO4. The van der Waals surface area contributed by atoms with Crippen molar-refractivity contribution in [1.29, 1.82) is 0 Å². The van der Waals surface area contributed by atoms with E-state index in [9.17, 15) is 9.59 Å². The number of carbonyl (C=O) groups is 2. The van der Waals surface area contributed by atoms with E-state index in [4.69, 9.17) is 10.8 Å². The molecule has 1 heterocycles. The Morgan fingerprint density at radius 3 is 2.86 bits per heavy atom. The van der Waals surface area contributed by atoms with Gasteiger partial charge in [0.1, 0.15) is 0 Å². The van der Waals surface area contributed by atoms with E-state index in [2.05, 4.69) is 4.74 Å². The molecule has 1 aliphatic rings. The maximum atomic E-state index is 11.2. The first kappa shape index (κ1) is 8.55. The first-order chi connectivity index (χ1) is 6.59. The zero-order valence-corrected chi connectivity index (χ0v) is 7.06. The molecule has 5 nitrogen and oxygen atoms in total. The van der Waals surface area contributed by atoms with E-state index < -0.39 is 18.0 Å². The number of nitrogen functional groups attached to an aromatic ring is 1. The Hall–Kier alpha value is -2.04. The van der Waals surface area contributed by atoms with Gasteiger partial charge in [-0.2, -0.15) is 0 Å². The minimum absolute atomic E-state index is 0.270. The molecule has 1 aliphatic heterocycles. The average Bonchev–Trinajstić information content (AvgIpc) is 2.43. The number of nitrogens with two attached hydrogens (primary N) is 1. The minimum Gasteiger partial charge on any atom is -0.478 e. The van der Waals surface area contributed by atoms with Gasteiger partial charge in [0, 0.05) is 11.3 Å². The lowest BCUT2D eigenvalue weighted by atomic mass is 10.0. The lowest BCUT2D eigenvalue weighted by molar-refractivity contribution is -0.146. The van der Waals surface area contributed by atoms with Crippen LogP contribution >= 0.6 is 0 Å². The van der Waals surface area contributed by atoms with E-state index in [0.717, 1.165) is 0 Å². The summed E-state index contributed by atoms with van der Waals surface area (Å²) in [6, 6.07) is 4.44. The first-order valence-electron chi connectivity index (χ1n) is 3.93. The molecule has 72 valence electrons. The highest BCUT2D eigenvalue weighted by molar-refractivity contribution is 5.98.